The number of nitrogens with one attached hydrogen (secondary N) is 3. The van der Waals surface area contributed by atoms with E-state index in [0.717, 1.165) is 22.2 Å². The molecule has 0 spiro atoms. The van der Waals surface area contributed by atoms with Gasteiger partial charge in [-0.25, -0.2) is 9.98 Å². The van der Waals surface area contributed by atoms with Crippen LogP contribution in [-0.4, -0.2) is 21.8 Å². The molecular formula is C18H15Cl4N5O. The second-order valence-electron chi connectivity index (χ2n) is 5.69. The van der Waals surface area contributed by atoms with Crippen molar-refractivity contribution in [3.63, 3.8) is 0 Å². The number of amides is 1. The summed E-state index contributed by atoms with van der Waals surface area (Å²) in [6, 6.07) is 9.14. The first-order chi connectivity index (χ1) is 12.6. The van der Waals surface area contributed by atoms with Crippen molar-refractivity contribution in [2.45, 2.75) is 6.54 Å². The van der Waals surface area contributed by atoms with Crippen LogP contribution in [0.15, 0.2) is 53.4 Å². The van der Waals surface area contributed by atoms with Gasteiger partial charge in [-0.2, -0.15) is 0 Å². The summed E-state index contributed by atoms with van der Waals surface area (Å²) in [6.45, 7) is 0.459. The van der Waals surface area contributed by atoms with E-state index < -0.39 is 0 Å². The summed E-state index contributed by atoms with van der Waals surface area (Å²) < 4.78 is 0. The molecule has 0 bridgehead atoms. The number of fused-ring (bicyclic) bond motifs is 1. The highest BCUT2D eigenvalue weighted by atomic mass is 35.5. The molecule has 3 N–H and O–H groups in total. The zero-order valence-corrected chi connectivity index (χ0v) is 17.3. The van der Waals surface area contributed by atoms with Crippen molar-refractivity contribution >= 4 is 77.0 Å². The molecule has 0 unspecified atom stereocenters. The lowest BCUT2D eigenvalue weighted by molar-refractivity contribution is -0.115. The third-order valence-corrected chi connectivity index (χ3v) is 4.66. The van der Waals surface area contributed by atoms with Crippen molar-refractivity contribution in [2.24, 2.45) is 4.99 Å². The van der Waals surface area contributed by atoms with Gasteiger partial charge < -0.3 is 10.3 Å². The van der Waals surface area contributed by atoms with E-state index >= 15 is 0 Å². The summed E-state index contributed by atoms with van der Waals surface area (Å²) in [5.41, 5.74) is 2.87. The SMILES string of the molecule is Cl.Cl.O=C1NC(NCc2ccc(Cl)c(Cl)c2)=N/C1=C\c1c[nH]c2ncccc12. The first kappa shape index (κ1) is 22.0. The first-order valence-electron chi connectivity index (χ1n) is 7.82. The molecule has 28 heavy (non-hydrogen) atoms. The minimum Gasteiger partial charge on any atom is -0.352 e. The maximum Gasteiger partial charge on any atom is 0.276 e. The Hall–Kier alpha value is -2.25. The van der Waals surface area contributed by atoms with Gasteiger partial charge in [0.05, 0.1) is 10.0 Å². The minimum absolute atomic E-state index is 0. The minimum atomic E-state index is -0.264. The van der Waals surface area contributed by atoms with E-state index in [2.05, 4.69) is 25.6 Å². The first-order valence-corrected chi connectivity index (χ1v) is 8.57. The lowest BCUT2D eigenvalue weighted by Crippen LogP contribution is -2.35. The lowest BCUT2D eigenvalue weighted by Gasteiger charge is -2.06. The third-order valence-electron chi connectivity index (χ3n) is 3.92. The van der Waals surface area contributed by atoms with Gasteiger partial charge in [0.2, 0.25) is 5.96 Å². The highest BCUT2D eigenvalue weighted by Gasteiger charge is 2.20. The van der Waals surface area contributed by atoms with E-state index in [0.29, 0.717) is 28.2 Å². The van der Waals surface area contributed by atoms with Gasteiger partial charge in [0.1, 0.15) is 11.3 Å². The Kier molecular flexibility index (Phi) is 7.32. The second-order valence-corrected chi connectivity index (χ2v) is 6.50. The Morgan fingerprint density at radius 1 is 1.14 bits per heavy atom. The van der Waals surface area contributed by atoms with E-state index in [1.165, 1.54) is 0 Å². The smallest absolute Gasteiger partial charge is 0.276 e. The van der Waals surface area contributed by atoms with Gasteiger partial charge >= 0.3 is 0 Å². The van der Waals surface area contributed by atoms with Crippen molar-refractivity contribution in [1.29, 1.82) is 0 Å². The van der Waals surface area contributed by atoms with Crippen LogP contribution in [0.2, 0.25) is 10.0 Å². The fourth-order valence-corrected chi connectivity index (χ4v) is 2.95. The maximum atomic E-state index is 12.2. The second kappa shape index (κ2) is 9.30. The van der Waals surface area contributed by atoms with Crippen LogP contribution in [0.1, 0.15) is 11.1 Å². The zero-order valence-electron chi connectivity index (χ0n) is 14.2. The molecule has 1 aromatic carbocycles. The summed E-state index contributed by atoms with van der Waals surface area (Å²) in [6.07, 6.45) is 5.24. The van der Waals surface area contributed by atoms with Crippen molar-refractivity contribution in [1.82, 2.24) is 20.6 Å². The van der Waals surface area contributed by atoms with Gasteiger partial charge in [-0.05, 0) is 35.9 Å². The van der Waals surface area contributed by atoms with E-state index in [1.54, 1.807) is 30.6 Å². The van der Waals surface area contributed by atoms with Gasteiger partial charge in [-0.15, -0.1) is 24.8 Å². The van der Waals surface area contributed by atoms with Gasteiger partial charge in [0.25, 0.3) is 5.91 Å². The maximum absolute atomic E-state index is 12.2. The molecule has 0 saturated carbocycles. The number of pyridine rings is 1. The molecule has 0 fully saturated rings. The Balaban J connectivity index is 0.00000140. The molecule has 0 atom stereocenters. The van der Waals surface area contributed by atoms with Crippen molar-refractivity contribution < 1.29 is 4.79 Å². The Labute approximate surface area is 183 Å². The average Bonchev–Trinajstić information content (AvgIpc) is 3.20. The topological polar surface area (TPSA) is 82.2 Å². The predicted molar refractivity (Wildman–Crippen MR) is 117 cm³/mol. The molecule has 0 saturated heterocycles. The van der Waals surface area contributed by atoms with Crippen LogP contribution in [0.3, 0.4) is 0 Å². The third kappa shape index (κ3) is 4.59. The number of aromatic amines is 1. The van der Waals surface area contributed by atoms with Crippen molar-refractivity contribution in [2.75, 3.05) is 0 Å². The molecule has 146 valence electrons. The molecule has 1 amide bonds. The number of halogens is 4. The van der Waals surface area contributed by atoms with Crippen LogP contribution >= 0.6 is 48.0 Å². The van der Waals surface area contributed by atoms with E-state index in [9.17, 15) is 4.79 Å². The van der Waals surface area contributed by atoms with Crippen LogP contribution in [0.5, 0.6) is 0 Å². The van der Waals surface area contributed by atoms with Crippen molar-refractivity contribution in [3.05, 3.63) is 69.6 Å². The number of nitrogens with zero attached hydrogens (tertiary/aromatic N) is 2. The van der Waals surface area contributed by atoms with Crippen LogP contribution < -0.4 is 10.6 Å². The molecule has 4 rings (SSSR count). The fourth-order valence-electron chi connectivity index (χ4n) is 2.63. The summed E-state index contributed by atoms with van der Waals surface area (Å²) in [5.74, 6) is 0.130. The monoisotopic (exact) mass is 457 g/mol. The molecule has 1 aliphatic rings. The quantitative estimate of drug-likeness (QED) is 0.511. The Morgan fingerprint density at radius 3 is 2.75 bits per heavy atom. The lowest BCUT2D eigenvalue weighted by atomic mass is 10.2. The molecule has 0 radical (unpaired) electrons. The molecular weight excluding hydrogens is 444 g/mol. The number of hydrogen-bond acceptors (Lipinski definition) is 4. The number of benzene rings is 1. The van der Waals surface area contributed by atoms with E-state index in [-0.39, 0.29) is 30.7 Å². The molecule has 0 aliphatic carbocycles. The predicted octanol–water partition coefficient (Wildman–Crippen LogP) is 4.33. The fraction of sp³-hybridized carbons (Fsp3) is 0.0556. The van der Waals surface area contributed by atoms with Crippen molar-refractivity contribution in [3.8, 4) is 0 Å². The number of H-pyrrole nitrogens is 1. The van der Waals surface area contributed by atoms with Gasteiger partial charge in [0, 0.05) is 29.9 Å². The highest BCUT2D eigenvalue weighted by molar-refractivity contribution is 6.42. The number of guanidine groups is 1. The molecule has 3 aromatic rings. The van der Waals surface area contributed by atoms with Crippen LogP contribution in [0.25, 0.3) is 17.1 Å². The van der Waals surface area contributed by atoms with Crippen LogP contribution in [-0.2, 0) is 11.3 Å². The molecule has 2 aromatic heterocycles. The standard InChI is InChI=1S/C18H13Cl2N5O.2ClH/c19-13-4-3-10(6-14(13)20)8-23-18-24-15(17(26)25-18)7-11-9-22-16-12(11)2-1-5-21-16;;/h1-7,9H,8H2,(H,21,22)(H2,23,24,25,26);2*1H/b15-7-;;. The zero-order chi connectivity index (χ0) is 18.1. The molecule has 6 nitrogen and oxygen atoms in total. The largest absolute Gasteiger partial charge is 0.352 e. The Morgan fingerprint density at radius 2 is 1.96 bits per heavy atom. The van der Waals surface area contributed by atoms with Gasteiger partial charge in [-0.1, -0.05) is 29.3 Å². The number of hydrogen-bond donors (Lipinski definition) is 3. The summed E-state index contributed by atoms with van der Waals surface area (Å²) in [4.78, 5) is 23.8. The number of rotatable bonds is 3. The molecule has 3 heterocycles. The Bertz CT molecular complexity index is 1080. The average molecular weight is 459 g/mol. The van der Waals surface area contributed by atoms with E-state index in [4.69, 9.17) is 23.2 Å². The highest BCUT2D eigenvalue weighted by Crippen LogP contribution is 2.23. The summed E-state index contributed by atoms with van der Waals surface area (Å²) in [7, 11) is 0. The van der Waals surface area contributed by atoms with Gasteiger partial charge in [-0.3, -0.25) is 10.1 Å². The van der Waals surface area contributed by atoms with Crippen LogP contribution in [0, 0.1) is 0 Å². The summed E-state index contributed by atoms with van der Waals surface area (Å²) >= 11 is 11.9. The number of aromatic nitrogens is 2. The number of carbonyl (C=O) groups is 1. The van der Waals surface area contributed by atoms with E-state index in [1.807, 2.05) is 18.2 Å². The number of carbonyl (C=O) groups excluding carboxylic acids is 1. The molecule has 10 heteroatoms. The number of aliphatic imine (C=N–C) groups is 1. The van der Waals surface area contributed by atoms with Gasteiger partial charge in [0.15, 0.2) is 0 Å². The molecule has 1 aliphatic heterocycles. The summed E-state index contributed by atoms with van der Waals surface area (Å²) in [5, 5.41) is 7.70. The normalized spacial score (nSPS) is 14.3. The van der Waals surface area contributed by atoms with Crippen LogP contribution in [0.4, 0.5) is 0 Å².